The van der Waals surface area contributed by atoms with Gasteiger partial charge < -0.3 is 15.2 Å². The quantitative estimate of drug-likeness (QED) is 0.770. The molecule has 0 unspecified atom stereocenters. The second-order valence-corrected chi connectivity index (χ2v) is 4.26. The molecule has 0 aliphatic heterocycles. The number of pyridine rings is 1. The van der Waals surface area contributed by atoms with Crippen molar-refractivity contribution in [1.82, 2.24) is 4.98 Å². The molecule has 2 N–H and O–H groups in total. The van der Waals surface area contributed by atoms with E-state index in [0.29, 0.717) is 18.7 Å². The monoisotopic (exact) mass is 252 g/mol. The van der Waals surface area contributed by atoms with Crippen molar-refractivity contribution in [3.05, 3.63) is 23.5 Å². The van der Waals surface area contributed by atoms with Crippen molar-refractivity contribution < 1.29 is 14.3 Å². The summed E-state index contributed by atoms with van der Waals surface area (Å²) in [5, 5.41) is 0. The molecule has 0 aliphatic carbocycles. The predicted molar refractivity (Wildman–Crippen MR) is 68.5 cm³/mol. The van der Waals surface area contributed by atoms with Gasteiger partial charge in [0, 0.05) is 12.1 Å². The number of carbonyl (C=O) groups is 1. The summed E-state index contributed by atoms with van der Waals surface area (Å²) in [6.07, 6.45) is 0.483. The Bertz CT molecular complexity index is 405. The van der Waals surface area contributed by atoms with Gasteiger partial charge in [-0.2, -0.15) is 0 Å². The number of nitrogens with two attached hydrogens (primary N) is 1. The molecule has 0 aromatic carbocycles. The van der Waals surface area contributed by atoms with E-state index < -0.39 is 0 Å². The Morgan fingerprint density at radius 1 is 1.44 bits per heavy atom. The third-order valence-electron chi connectivity index (χ3n) is 2.17. The molecule has 1 aromatic rings. The molecule has 18 heavy (non-hydrogen) atoms. The van der Waals surface area contributed by atoms with Gasteiger partial charge in [0.1, 0.15) is 5.75 Å². The van der Waals surface area contributed by atoms with E-state index in [1.54, 1.807) is 19.9 Å². The van der Waals surface area contributed by atoms with E-state index in [9.17, 15) is 4.79 Å². The molecule has 1 rings (SSSR count). The fourth-order valence-corrected chi connectivity index (χ4v) is 1.48. The Morgan fingerprint density at radius 2 is 2.17 bits per heavy atom. The van der Waals surface area contributed by atoms with Gasteiger partial charge in [-0.25, -0.2) is 4.79 Å². The molecule has 1 aromatic heterocycles. The molecule has 100 valence electrons. The predicted octanol–water partition coefficient (Wildman–Crippen LogP) is 1.22. The summed E-state index contributed by atoms with van der Waals surface area (Å²) in [5.74, 6) is 0.205. The van der Waals surface area contributed by atoms with Crippen molar-refractivity contribution in [2.24, 2.45) is 5.73 Å². The number of carbonyl (C=O) groups excluding carboxylic acids is 1. The Morgan fingerprint density at radius 3 is 2.78 bits per heavy atom. The zero-order valence-electron chi connectivity index (χ0n) is 11.1. The van der Waals surface area contributed by atoms with Crippen LogP contribution in [0.15, 0.2) is 12.1 Å². The number of esters is 1. The van der Waals surface area contributed by atoms with Gasteiger partial charge in [-0.05, 0) is 39.4 Å². The molecule has 0 bridgehead atoms. The fourth-order valence-electron chi connectivity index (χ4n) is 1.48. The van der Waals surface area contributed by atoms with Crippen molar-refractivity contribution in [2.75, 3.05) is 13.2 Å². The molecule has 5 nitrogen and oxygen atoms in total. The van der Waals surface area contributed by atoms with Gasteiger partial charge in [-0.15, -0.1) is 0 Å². The lowest BCUT2D eigenvalue weighted by atomic mass is 10.2. The van der Waals surface area contributed by atoms with Crippen LogP contribution >= 0.6 is 0 Å². The van der Waals surface area contributed by atoms with Crippen LogP contribution in [0.3, 0.4) is 0 Å². The Balaban J connectivity index is 2.63. The van der Waals surface area contributed by atoms with Crippen LogP contribution in [-0.4, -0.2) is 30.2 Å². The molecule has 0 saturated carbocycles. The zero-order chi connectivity index (χ0) is 13.5. The Kier molecular flexibility index (Phi) is 5.58. The zero-order valence-corrected chi connectivity index (χ0v) is 11.1. The van der Waals surface area contributed by atoms with E-state index in [1.165, 1.54) is 0 Å². The van der Waals surface area contributed by atoms with Gasteiger partial charge in [-0.3, -0.25) is 4.98 Å². The van der Waals surface area contributed by atoms with Crippen LogP contribution in [0.4, 0.5) is 0 Å². The number of nitrogens with zero attached hydrogens (tertiary/aromatic N) is 1. The van der Waals surface area contributed by atoms with Crippen LogP contribution in [0, 0.1) is 6.92 Å². The molecular formula is C13H20N2O3. The highest BCUT2D eigenvalue weighted by molar-refractivity contribution is 5.71. The SMILES string of the molecule is Cc1ccc(OCC(=O)OC(C)C)c(CCN)n1. The average molecular weight is 252 g/mol. The number of aromatic nitrogens is 1. The Labute approximate surface area is 107 Å². The third-order valence-corrected chi connectivity index (χ3v) is 2.17. The van der Waals surface area contributed by atoms with Gasteiger partial charge in [0.25, 0.3) is 0 Å². The van der Waals surface area contributed by atoms with Crippen molar-refractivity contribution in [3.8, 4) is 5.75 Å². The Hall–Kier alpha value is -1.62. The minimum Gasteiger partial charge on any atom is -0.480 e. The number of ether oxygens (including phenoxy) is 2. The lowest BCUT2D eigenvalue weighted by Gasteiger charge is -2.12. The highest BCUT2D eigenvalue weighted by Gasteiger charge is 2.10. The van der Waals surface area contributed by atoms with E-state index in [0.717, 1.165) is 11.4 Å². The van der Waals surface area contributed by atoms with Crippen molar-refractivity contribution in [2.45, 2.75) is 33.3 Å². The number of hydrogen-bond donors (Lipinski definition) is 1. The molecule has 0 spiro atoms. The average Bonchev–Trinajstić information content (AvgIpc) is 2.27. The molecule has 0 fully saturated rings. The number of aryl methyl sites for hydroxylation is 1. The normalized spacial score (nSPS) is 10.5. The van der Waals surface area contributed by atoms with Gasteiger partial charge >= 0.3 is 5.97 Å². The van der Waals surface area contributed by atoms with Crippen molar-refractivity contribution >= 4 is 5.97 Å². The molecule has 0 saturated heterocycles. The molecule has 1 heterocycles. The summed E-state index contributed by atoms with van der Waals surface area (Å²) < 4.78 is 10.4. The highest BCUT2D eigenvalue weighted by atomic mass is 16.6. The van der Waals surface area contributed by atoms with E-state index in [4.69, 9.17) is 15.2 Å². The van der Waals surface area contributed by atoms with E-state index in [1.807, 2.05) is 13.0 Å². The summed E-state index contributed by atoms with van der Waals surface area (Å²) in [4.78, 5) is 15.7. The summed E-state index contributed by atoms with van der Waals surface area (Å²) in [5.41, 5.74) is 7.19. The lowest BCUT2D eigenvalue weighted by molar-refractivity contribution is -0.149. The first kappa shape index (κ1) is 14.4. The van der Waals surface area contributed by atoms with Crippen LogP contribution in [0.25, 0.3) is 0 Å². The van der Waals surface area contributed by atoms with Crippen LogP contribution in [0.5, 0.6) is 5.75 Å². The van der Waals surface area contributed by atoms with E-state index in [2.05, 4.69) is 4.98 Å². The minimum absolute atomic E-state index is 0.111. The topological polar surface area (TPSA) is 74.4 Å². The fraction of sp³-hybridized carbons (Fsp3) is 0.538. The van der Waals surface area contributed by atoms with E-state index in [-0.39, 0.29) is 18.7 Å². The first-order valence-electron chi connectivity index (χ1n) is 6.01. The van der Waals surface area contributed by atoms with Gasteiger partial charge in [-0.1, -0.05) is 0 Å². The maximum Gasteiger partial charge on any atom is 0.344 e. The second-order valence-electron chi connectivity index (χ2n) is 4.26. The number of rotatable bonds is 6. The summed E-state index contributed by atoms with van der Waals surface area (Å²) >= 11 is 0. The first-order valence-corrected chi connectivity index (χ1v) is 6.01. The summed E-state index contributed by atoms with van der Waals surface area (Å²) in [6.45, 7) is 5.87. The molecule has 0 radical (unpaired) electrons. The maximum atomic E-state index is 11.4. The standard InChI is InChI=1S/C13H20N2O3/c1-9(2)18-13(16)8-17-12-5-4-10(3)15-11(12)6-7-14/h4-5,9H,6-8,14H2,1-3H3. The summed E-state index contributed by atoms with van der Waals surface area (Å²) in [7, 11) is 0. The first-order chi connectivity index (χ1) is 8.52. The smallest absolute Gasteiger partial charge is 0.344 e. The van der Waals surface area contributed by atoms with Crippen LogP contribution in [0.1, 0.15) is 25.2 Å². The maximum absolute atomic E-state index is 11.4. The van der Waals surface area contributed by atoms with Gasteiger partial charge in [0.05, 0.1) is 11.8 Å². The van der Waals surface area contributed by atoms with E-state index >= 15 is 0 Å². The van der Waals surface area contributed by atoms with Crippen LogP contribution < -0.4 is 10.5 Å². The largest absolute Gasteiger partial charge is 0.480 e. The lowest BCUT2D eigenvalue weighted by Crippen LogP contribution is -2.19. The van der Waals surface area contributed by atoms with Gasteiger partial charge in [0.15, 0.2) is 6.61 Å². The van der Waals surface area contributed by atoms with Crippen LogP contribution in [0.2, 0.25) is 0 Å². The molecule has 0 atom stereocenters. The van der Waals surface area contributed by atoms with Crippen molar-refractivity contribution in [3.63, 3.8) is 0 Å². The molecule has 0 aliphatic rings. The molecule has 0 amide bonds. The minimum atomic E-state index is -0.385. The summed E-state index contributed by atoms with van der Waals surface area (Å²) in [6, 6.07) is 3.64. The second kappa shape index (κ2) is 6.96. The number of hydrogen-bond acceptors (Lipinski definition) is 5. The van der Waals surface area contributed by atoms with Crippen LogP contribution in [-0.2, 0) is 16.0 Å². The molecular weight excluding hydrogens is 232 g/mol. The highest BCUT2D eigenvalue weighted by Crippen LogP contribution is 2.17. The molecule has 5 heteroatoms. The van der Waals surface area contributed by atoms with Gasteiger partial charge in [0.2, 0.25) is 0 Å². The van der Waals surface area contributed by atoms with Crippen molar-refractivity contribution in [1.29, 1.82) is 0 Å². The third kappa shape index (κ3) is 4.71.